The molecular formula is C17H19FN2. The van der Waals surface area contributed by atoms with Crippen molar-refractivity contribution in [3.63, 3.8) is 0 Å². The maximum absolute atomic E-state index is 14.0. The Hall–Kier alpha value is -1.87. The predicted molar refractivity (Wildman–Crippen MR) is 79.9 cm³/mol. The maximum atomic E-state index is 14.0. The molecule has 0 radical (unpaired) electrons. The molecule has 1 aliphatic rings. The Kier molecular flexibility index (Phi) is 3.70. The molecule has 0 unspecified atom stereocenters. The zero-order chi connectivity index (χ0) is 13.9. The van der Waals surface area contributed by atoms with Crippen molar-refractivity contribution in [2.24, 2.45) is 0 Å². The number of nitrogens with two attached hydrogens (primary N) is 1. The molecule has 1 aliphatic heterocycles. The molecule has 2 N–H and O–H groups in total. The van der Waals surface area contributed by atoms with E-state index >= 15 is 0 Å². The zero-order valence-electron chi connectivity index (χ0n) is 11.5. The number of nitrogens with zero attached hydrogens (tertiary/aromatic N) is 1. The fourth-order valence-electron chi connectivity index (χ4n) is 2.83. The second-order valence-corrected chi connectivity index (χ2v) is 5.37. The van der Waals surface area contributed by atoms with Gasteiger partial charge in [0, 0.05) is 25.2 Å². The van der Waals surface area contributed by atoms with Crippen molar-refractivity contribution >= 4 is 5.69 Å². The van der Waals surface area contributed by atoms with Crippen molar-refractivity contribution in [1.29, 1.82) is 0 Å². The maximum Gasteiger partial charge on any atom is 0.150 e. The van der Waals surface area contributed by atoms with Crippen LogP contribution in [-0.4, -0.2) is 18.0 Å². The average molecular weight is 270 g/mol. The monoisotopic (exact) mass is 270 g/mol. The first-order chi connectivity index (χ1) is 9.74. The lowest BCUT2D eigenvalue weighted by Crippen LogP contribution is -2.26. The molecule has 0 aliphatic carbocycles. The highest BCUT2D eigenvalue weighted by molar-refractivity contribution is 5.42. The van der Waals surface area contributed by atoms with E-state index in [0.717, 1.165) is 25.9 Å². The molecule has 104 valence electrons. The summed E-state index contributed by atoms with van der Waals surface area (Å²) in [5.41, 5.74) is 9.40. The highest BCUT2D eigenvalue weighted by Crippen LogP contribution is 2.20. The van der Waals surface area contributed by atoms with Gasteiger partial charge in [-0.3, -0.25) is 4.90 Å². The summed E-state index contributed by atoms with van der Waals surface area (Å²) in [5.74, 6) is -0.269. The van der Waals surface area contributed by atoms with Gasteiger partial charge in [-0.05, 0) is 30.0 Å². The van der Waals surface area contributed by atoms with Crippen molar-refractivity contribution in [2.75, 3.05) is 18.8 Å². The van der Waals surface area contributed by atoms with E-state index in [4.69, 9.17) is 5.73 Å². The van der Waals surface area contributed by atoms with Gasteiger partial charge in [-0.25, -0.2) is 4.39 Å². The van der Waals surface area contributed by atoms with Crippen LogP contribution in [-0.2, 0) is 19.4 Å². The summed E-state index contributed by atoms with van der Waals surface area (Å²) in [6.07, 6.45) is 2.06. The lowest BCUT2D eigenvalue weighted by molar-refractivity contribution is 0.275. The zero-order valence-corrected chi connectivity index (χ0v) is 11.5. The van der Waals surface area contributed by atoms with Gasteiger partial charge in [0.1, 0.15) is 0 Å². The summed E-state index contributed by atoms with van der Waals surface area (Å²) in [4.78, 5) is 2.30. The predicted octanol–water partition coefficient (Wildman–Crippen LogP) is 3.01. The van der Waals surface area contributed by atoms with Gasteiger partial charge >= 0.3 is 0 Å². The van der Waals surface area contributed by atoms with E-state index in [0.29, 0.717) is 12.1 Å². The number of rotatable bonds is 2. The first-order valence-electron chi connectivity index (χ1n) is 7.06. The van der Waals surface area contributed by atoms with Crippen LogP contribution in [0, 0.1) is 5.82 Å². The molecule has 0 bridgehead atoms. The molecule has 0 amide bonds. The second-order valence-electron chi connectivity index (χ2n) is 5.37. The van der Waals surface area contributed by atoms with Crippen LogP contribution in [0.15, 0.2) is 42.5 Å². The minimum atomic E-state index is -0.269. The smallest absolute Gasteiger partial charge is 0.150 e. The van der Waals surface area contributed by atoms with Gasteiger partial charge in [0.05, 0.1) is 5.69 Å². The van der Waals surface area contributed by atoms with E-state index in [1.165, 1.54) is 11.1 Å². The normalized spacial score (nSPS) is 15.7. The molecule has 0 atom stereocenters. The van der Waals surface area contributed by atoms with Gasteiger partial charge in [0.15, 0.2) is 5.82 Å². The van der Waals surface area contributed by atoms with Crippen LogP contribution in [0.3, 0.4) is 0 Å². The minimum absolute atomic E-state index is 0.237. The third-order valence-corrected chi connectivity index (χ3v) is 4.02. The molecule has 0 spiro atoms. The van der Waals surface area contributed by atoms with E-state index in [-0.39, 0.29) is 11.5 Å². The topological polar surface area (TPSA) is 29.3 Å². The van der Waals surface area contributed by atoms with Crippen LogP contribution in [0.2, 0.25) is 0 Å². The Bertz CT molecular complexity index is 583. The Morgan fingerprint density at radius 1 is 0.950 bits per heavy atom. The third kappa shape index (κ3) is 2.68. The molecule has 0 fully saturated rings. The van der Waals surface area contributed by atoms with Crippen LogP contribution < -0.4 is 5.73 Å². The molecule has 20 heavy (non-hydrogen) atoms. The molecular weight excluding hydrogens is 251 g/mol. The number of benzene rings is 2. The number of fused-ring (bicyclic) bond motifs is 1. The third-order valence-electron chi connectivity index (χ3n) is 4.02. The molecule has 0 aromatic heterocycles. The van der Waals surface area contributed by atoms with Crippen LogP contribution in [0.5, 0.6) is 0 Å². The molecule has 3 heteroatoms. The Morgan fingerprint density at radius 2 is 1.60 bits per heavy atom. The van der Waals surface area contributed by atoms with Gasteiger partial charge in [-0.1, -0.05) is 36.4 Å². The summed E-state index contributed by atoms with van der Waals surface area (Å²) in [6, 6.07) is 13.8. The number of hydrogen-bond acceptors (Lipinski definition) is 2. The summed E-state index contributed by atoms with van der Waals surface area (Å²) in [7, 11) is 0. The van der Waals surface area contributed by atoms with Crippen LogP contribution in [0.25, 0.3) is 0 Å². The standard InChI is InChI=1S/C17H19FN2/c18-17-15(6-3-7-16(17)19)12-20-10-8-13-4-1-2-5-14(13)9-11-20/h1-7H,8-12,19H2. The molecule has 2 aromatic carbocycles. The van der Waals surface area contributed by atoms with E-state index in [9.17, 15) is 4.39 Å². The van der Waals surface area contributed by atoms with Gasteiger partial charge in [0.25, 0.3) is 0 Å². The Balaban J connectivity index is 1.73. The summed E-state index contributed by atoms with van der Waals surface area (Å²) >= 11 is 0. The van der Waals surface area contributed by atoms with Crippen molar-refractivity contribution in [1.82, 2.24) is 4.90 Å². The molecule has 2 nitrogen and oxygen atoms in total. The summed E-state index contributed by atoms with van der Waals surface area (Å²) in [6.45, 7) is 2.56. The Morgan fingerprint density at radius 3 is 2.25 bits per heavy atom. The number of anilines is 1. The molecule has 0 saturated carbocycles. The van der Waals surface area contributed by atoms with Gasteiger partial charge in [0.2, 0.25) is 0 Å². The lowest BCUT2D eigenvalue weighted by Gasteiger charge is -2.20. The number of nitrogen functional groups attached to an aromatic ring is 1. The fourth-order valence-corrected chi connectivity index (χ4v) is 2.83. The van der Waals surface area contributed by atoms with Crippen LogP contribution in [0.1, 0.15) is 16.7 Å². The van der Waals surface area contributed by atoms with E-state index in [2.05, 4.69) is 29.2 Å². The minimum Gasteiger partial charge on any atom is -0.396 e. The van der Waals surface area contributed by atoms with E-state index in [1.54, 1.807) is 6.07 Å². The molecule has 1 heterocycles. The summed E-state index contributed by atoms with van der Waals surface area (Å²) < 4.78 is 14.0. The van der Waals surface area contributed by atoms with E-state index in [1.807, 2.05) is 12.1 Å². The van der Waals surface area contributed by atoms with Crippen LogP contribution >= 0.6 is 0 Å². The number of halogens is 1. The largest absolute Gasteiger partial charge is 0.396 e. The molecule has 0 saturated heterocycles. The first kappa shape index (κ1) is 13.1. The van der Waals surface area contributed by atoms with Crippen molar-refractivity contribution in [2.45, 2.75) is 19.4 Å². The van der Waals surface area contributed by atoms with Crippen molar-refractivity contribution in [3.05, 3.63) is 65.0 Å². The second kappa shape index (κ2) is 5.63. The molecule has 2 aromatic rings. The SMILES string of the molecule is Nc1cccc(CN2CCc3ccccc3CC2)c1F. The first-order valence-corrected chi connectivity index (χ1v) is 7.06. The number of hydrogen-bond donors (Lipinski definition) is 1. The van der Waals surface area contributed by atoms with Gasteiger partial charge in [-0.15, -0.1) is 0 Å². The highest BCUT2D eigenvalue weighted by Gasteiger charge is 2.15. The van der Waals surface area contributed by atoms with Crippen molar-refractivity contribution in [3.8, 4) is 0 Å². The van der Waals surface area contributed by atoms with Gasteiger partial charge in [-0.2, -0.15) is 0 Å². The van der Waals surface area contributed by atoms with Crippen molar-refractivity contribution < 1.29 is 4.39 Å². The fraction of sp³-hybridized carbons (Fsp3) is 0.294. The highest BCUT2D eigenvalue weighted by atomic mass is 19.1. The summed E-state index contributed by atoms with van der Waals surface area (Å²) in [5, 5.41) is 0. The molecule has 3 rings (SSSR count). The van der Waals surface area contributed by atoms with Gasteiger partial charge < -0.3 is 5.73 Å². The Labute approximate surface area is 119 Å². The van der Waals surface area contributed by atoms with E-state index < -0.39 is 0 Å². The van der Waals surface area contributed by atoms with Crippen LogP contribution in [0.4, 0.5) is 10.1 Å². The quantitative estimate of drug-likeness (QED) is 0.850. The average Bonchev–Trinajstić information content (AvgIpc) is 2.67. The lowest BCUT2D eigenvalue weighted by atomic mass is 10.0.